The number of rotatable bonds is 2. The minimum Gasteiger partial charge on any atom is -0.481 e. The third kappa shape index (κ3) is 2.64. The maximum atomic E-state index is 13.0. The molecule has 18 heavy (non-hydrogen) atoms. The SMILES string of the molecule is O=C(O)[C@@H]1CCCN(C(=O)c2cncc(F)c2)C1. The summed E-state index contributed by atoms with van der Waals surface area (Å²) in [7, 11) is 0. The highest BCUT2D eigenvalue weighted by molar-refractivity contribution is 5.94. The van der Waals surface area contributed by atoms with Crippen molar-refractivity contribution in [3.63, 3.8) is 0 Å². The van der Waals surface area contributed by atoms with E-state index in [0.717, 1.165) is 12.3 Å². The third-order valence-electron chi connectivity index (χ3n) is 3.01. The molecule has 0 saturated carbocycles. The summed E-state index contributed by atoms with van der Waals surface area (Å²) < 4.78 is 13.0. The van der Waals surface area contributed by atoms with Crippen molar-refractivity contribution in [2.75, 3.05) is 13.1 Å². The number of amides is 1. The molecule has 1 aliphatic rings. The van der Waals surface area contributed by atoms with Crippen molar-refractivity contribution in [3.8, 4) is 0 Å². The number of carboxylic acids is 1. The largest absolute Gasteiger partial charge is 0.481 e. The van der Waals surface area contributed by atoms with E-state index in [9.17, 15) is 14.0 Å². The second-order valence-electron chi connectivity index (χ2n) is 4.32. The number of piperidine rings is 1. The number of aliphatic carboxylic acids is 1. The summed E-state index contributed by atoms with van der Waals surface area (Å²) in [4.78, 5) is 28.0. The van der Waals surface area contributed by atoms with E-state index in [1.807, 2.05) is 0 Å². The first-order valence-corrected chi connectivity index (χ1v) is 5.70. The summed E-state index contributed by atoms with van der Waals surface area (Å²) in [5.41, 5.74) is 0.154. The van der Waals surface area contributed by atoms with E-state index >= 15 is 0 Å². The number of carbonyl (C=O) groups is 2. The van der Waals surface area contributed by atoms with E-state index in [4.69, 9.17) is 5.11 Å². The van der Waals surface area contributed by atoms with Gasteiger partial charge >= 0.3 is 5.97 Å². The Kier molecular flexibility index (Phi) is 3.55. The first kappa shape index (κ1) is 12.5. The lowest BCUT2D eigenvalue weighted by atomic mass is 9.98. The molecule has 0 unspecified atom stereocenters. The van der Waals surface area contributed by atoms with Crippen LogP contribution in [-0.2, 0) is 4.79 Å². The molecule has 0 spiro atoms. The Morgan fingerprint density at radius 1 is 1.44 bits per heavy atom. The normalized spacial score (nSPS) is 19.6. The second-order valence-corrected chi connectivity index (χ2v) is 4.32. The summed E-state index contributed by atoms with van der Waals surface area (Å²) in [6.07, 6.45) is 3.52. The van der Waals surface area contributed by atoms with Gasteiger partial charge in [0.25, 0.3) is 5.91 Å². The van der Waals surface area contributed by atoms with Gasteiger partial charge in [-0.05, 0) is 18.9 Å². The number of carbonyl (C=O) groups excluding carboxylic acids is 1. The molecule has 0 bridgehead atoms. The fraction of sp³-hybridized carbons (Fsp3) is 0.417. The van der Waals surface area contributed by atoms with Gasteiger partial charge in [0, 0.05) is 19.3 Å². The van der Waals surface area contributed by atoms with Crippen LogP contribution in [-0.4, -0.2) is 40.0 Å². The number of hydrogen-bond acceptors (Lipinski definition) is 3. The first-order valence-electron chi connectivity index (χ1n) is 5.70. The fourth-order valence-electron chi connectivity index (χ4n) is 2.07. The van der Waals surface area contributed by atoms with Crippen LogP contribution in [0.15, 0.2) is 18.5 Å². The minimum atomic E-state index is -0.898. The zero-order valence-corrected chi connectivity index (χ0v) is 9.67. The highest BCUT2D eigenvalue weighted by Gasteiger charge is 2.28. The van der Waals surface area contributed by atoms with Crippen LogP contribution in [0.1, 0.15) is 23.2 Å². The topological polar surface area (TPSA) is 70.5 Å². The predicted molar refractivity (Wildman–Crippen MR) is 60.5 cm³/mol. The van der Waals surface area contributed by atoms with Gasteiger partial charge in [-0.15, -0.1) is 0 Å². The predicted octanol–water partition coefficient (Wildman–Crippen LogP) is 1.16. The van der Waals surface area contributed by atoms with Gasteiger partial charge in [-0.1, -0.05) is 0 Å². The van der Waals surface area contributed by atoms with Gasteiger partial charge in [0.2, 0.25) is 0 Å². The molecule has 2 heterocycles. The summed E-state index contributed by atoms with van der Waals surface area (Å²) >= 11 is 0. The van der Waals surface area contributed by atoms with E-state index in [1.54, 1.807) is 0 Å². The lowest BCUT2D eigenvalue weighted by Gasteiger charge is -2.30. The van der Waals surface area contributed by atoms with E-state index in [1.165, 1.54) is 11.1 Å². The molecule has 0 aromatic carbocycles. The molecule has 5 nitrogen and oxygen atoms in total. The Morgan fingerprint density at radius 2 is 2.22 bits per heavy atom. The van der Waals surface area contributed by atoms with Crippen LogP contribution in [0.5, 0.6) is 0 Å². The van der Waals surface area contributed by atoms with E-state index in [2.05, 4.69) is 4.98 Å². The second kappa shape index (κ2) is 5.12. The first-order chi connectivity index (χ1) is 8.58. The molecular weight excluding hydrogens is 239 g/mol. The van der Waals surface area contributed by atoms with Crippen LogP contribution in [0.25, 0.3) is 0 Å². The van der Waals surface area contributed by atoms with Crippen molar-refractivity contribution >= 4 is 11.9 Å². The van der Waals surface area contributed by atoms with Gasteiger partial charge in [-0.3, -0.25) is 14.6 Å². The molecule has 0 radical (unpaired) electrons. The number of nitrogens with zero attached hydrogens (tertiary/aromatic N) is 2. The summed E-state index contributed by atoms with van der Waals surface area (Å²) in [6.45, 7) is 0.670. The summed E-state index contributed by atoms with van der Waals surface area (Å²) in [5, 5.41) is 8.94. The van der Waals surface area contributed by atoms with Crippen LogP contribution in [0.3, 0.4) is 0 Å². The summed E-state index contributed by atoms with van der Waals surface area (Å²) in [5.74, 6) is -2.38. The molecule has 1 amide bonds. The van der Waals surface area contributed by atoms with Crippen molar-refractivity contribution in [2.45, 2.75) is 12.8 Å². The lowest BCUT2D eigenvalue weighted by Crippen LogP contribution is -2.42. The number of carboxylic acid groups (broad SMARTS) is 1. The Labute approximate surface area is 103 Å². The average Bonchev–Trinajstić information content (AvgIpc) is 2.38. The number of likely N-dealkylation sites (tertiary alicyclic amines) is 1. The number of pyridine rings is 1. The summed E-state index contributed by atoms with van der Waals surface area (Å²) in [6, 6.07) is 1.11. The fourth-order valence-corrected chi connectivity index (χ4v) is 2.07. The minimum absolute atomic E-state index is 0.154. The van der Waals surface area contributed by atoms with Gasteiger partial charge in [0.15, 0.2) is 0 Å². The Balaban J connectivity index is 2.11. The van der Waals surface area contributed by atoms with Crippen molar-refractivity contribution in [1.29, 1.82) is 0 Å². The highest BCUT2D eigenvalue weighted by atomic mass is 19.1. The molecule has 6 heteroatoms. The zero-order chi connectivity index (χ0) is 13.1. The molecule has 1 aromatic heterocycles. The number of aromatic nitrogens is 1. The van der Waals surface area contributed by atoms with E-state index in [0.29, 0.717) is 19.4 Å². The molecule has 2 rings (SSSR count). The maximum absolute atomic E-state index is 13.0. The number of halogens is 1. The molecule has 1 N–H and O–H groups in total. The molecule has 1 atom stereocenters. The van der Waals surface area contributed by atoms with E-state index in [-0.39, 0.29) is 18.0 Å². The standard InChI is InChI=1S/C12H13FN2O3/c13-10-4-9(5-14-6-10)11(16)15-3-1-2-8(7-15)12(17)18/h4-6,8H,1-3,7H2,(H,17,18)/t8-/m1/s1. The van der Waals surface area contributed by atoms with Crippen molar-refractivity contribution in [2.24, 2.45) is 5.92 Å². The maximum Gasteiger partial charge on any atom is 0.308 e. The van der Waals surface area contributed by atoms with Gasteiger partial charge in [-0.25, -0.2) is 4.39 Å². The average molecular weight is 252 g/mol. The number of hydrogen-bond donors (Lipinski definition) is 1. The zero-order valence-electron chi connectivity index (χ0n) is 9.67. The molecule has 1 saturated heterocycles. The smallest absolute Gasteiger partial charge is 0.308 e. The molecule has 1 fully saturated rings. The van der Waals surface area contributed by atoms with Crippen LogP contribution in [0, 0.1) is 11.7 Å². The van der Waals surface area contributed by atoms with Gasteiger partial charge in [-0.2, -0.15) is 0 Å². The molecular formula is C12H13FN2O3. The van der Waals surface area contributed by atoms with Crippen LogP contribution >= 0.6 is 0 Å². The quantitative estimate of drug-likeness (QED) is 0.857. The highest BCUT2D eigenvalue weighted by Crippen LogP contribution is 2.18. The Bertz CT molecular complexity index is 478. The van der Waals surface area contributed by atoms with Gasteiger partial charge in [0.1, 0.15) is 5.82 Å². The van der Waals surface area contributed by atoms with Gasteiger partial charge < -0.3 is 10.0 Å². The third-order valence-corrected chi connectivity index (χ3v) is 3.01. The van der Waals surface area contributed by atoms with Crippen molar-refractivity contribution < 1.29 is 19.1 Å². The van der Waals surface area contributed by atoms with Crippen LogP contribution < -0.4 is 0 Å². The van der Waals surface area contributed by atoms with Gasteiger partial charge in [0.05, 0.1) is 17.7 Å². The van der Waals surface area contributed by atoms with E-state index < -0.39 is 17.7 Å². The molecule has 1 aliphatic heterocycles. The Morgan fingerprint density at radius 3 is 2.89 bits per heavy atom. The van der Waals surface area contributed by atoms with Crippen molar-refractivity contribution in [3.05, 3.63) is 29.8 Å². The van der Waals surface area contributed by atoms with Crippen molar-refractivity contribution in [1.82, 2.24) is 9.88 Å². The lowest BCUT2D eigenvalue weighted by molar-refractivity contribution is -0.143. The monoisotopic (exact) mass is 252 g/mol. The molecule has 1 aromatic rings. The molecule has 96 valence electrons. The van der Waals surface area contributed by atoms with Crippen LogP contribution in [0.2, 0.25) is 0 Å². The van der Waals surface area contributed by atoms with Crippen LogP contribution in [0.4, 0.5) is 4.39 Å². The molecule has 0 aliphatic carbocycles. The Hall–Kier alpha value is -1.98.